The summed E-state index contributed by atoms with van der Waals surface area (Å²) in [5.41, 5.74) is 2.01. The van der Waals surface area contributed by atoms with Gasteiger partial charge in [-0.1, -0.05) is 23.2 Å². The number of nitrogens with zero attached hydrogens (tertiary/aromatic N) is 1. The van der Waals surface area contributed by atoms with Crippen molar-refractivity contribution in [2.45, 2.75) is 0 Å². The number of carbonyl (C=O) groups excluding carboxylic acids is 2. The molecule has 0 bridgehead atoms. The summed E-state index contributed by atoms with van der Waals surface area (Å²) in [6.45, 7) is 0.627. The predicted octanol–water partition coefficient (Wildman–Crippen LogP) is 3.22. The lowest BCUT2D eigenvalue weighted by molar-refractivity contribution is 0.0927. The summed E-state index contributed by atoms with van der Waals surface area (Å²) in [4.78, 5) is 26.0. The summed E-state index contributed by atoms with van der Waals surface area (Å²) in [7, 11) is 3.87. The second-order valence-electron chi connectivity index (χ2n) is 5.58. The number of anilines is 1. The van der Waals surface area contributed by atoms with Crippen LogP contribution in [0, 0.1) is 0 Å². The molecule has 132 valence electrons. The van der Waals surface area contributed by atoms with Gasteiger partial charge in [-0.15, -0.1) is 0 Å². The molecular weight excluding hydrogens is 361 g/mol. The molecule has 2 aromatic rings. The van der Waals surface area contributed by atoms with E-state index in [4.69, 9.17) is 23.2 Å². The Balaban J connectivity index is 1.79. The van der Waals surface area contributed by atoms with Crippen molar-refractivity contribution in [1.29, 1.82) is 0 Å². The molecule has 0 fully saturated rings. The molecule has 2 N–H and O–H groups in total. The van der Waals surface area contributed by atoms with Gasteiger partial charge in [0.25, 0.3) is 11.8 Å². The van der Waals surface area contributed by atoms with Crippen LogP contribution in [0.1, 0.15) is 20.7 Å². The zero-order chi connectivity index (χ0) is 18.4. The smallest absolute Gasteiger partial charge is 0.251 e. The molecule has 0 aliphatic carbocycles. The highest BCUT2D eigenvalue weighted by Gasteiger charge is 2.08. The largest absolute Gasteiger partial charge is 0.378 e. The van der Waals surface area contributed by atoms with E-state index < -0.39 is 0 Å². The van der Waals surface area contributed by atoms with Crippen molar-refractivity contribution in [2.24, 2.45) is 0 Å². The lowest BCUT2D eigenvalue weighted by atomic mass is 10.2. The van der Waals surface area contributed by atoms with E-state index in [9.17, 15) is 9.59 Å². The standard InChI is InChI=1S/C18H19Cl2N3O2/c1-23(2)14-6-3-12(4-7-14)17(24)21-9-10-22-18(25)13-5-8-15(19)16(20)11-13/h3-8,11H,9-10H2,1-2H3,(H,21,24)(H,22,25). The number of hydrogen-bond donors (Lipinski definition) is 2. The van der Waals surface area contributed by atoms with Crippen molar-refractivity contribution in [1.82, 2.24) is 10.6 Å². The second-order valence-corrected chi connectivity index (χ2v) is 6.40. The third-order valence-electron chi connectivity index (χ3n) is 3.52. The first kappa shape index (κ1) is 19.1. The average Bonchev–Trinajstić information content (AvgIpc) is 2.60. The Hall–Kier alpha value is -2.24. The van der Waals surface area contributed by atoms with E-state index in [0.29, 0.717) is 34.3 Å². The Morgan fingerprint density at radius 3 is 1.88 bits per heavy atom. The van der Waals surface area contributed by atoms with Crippen LogP contribution in [0.15, 0.2) is 42.5 Å². The molecule has 2 aromatic carbocycles. The van der Waals surface area contributed by atoms with E-state index in [-0.39, 0.29) is 11.8 Å². The van der Waals surface area contributed by atoms with Crippen molar-refractivity contribution in [3.05, 3.63) is 63.6 Å². The molecule has 0 aliphatic rings. The quantitative estimate of drug-likeness (QED) is 0.757. The first-order chi connectivity index (χ1) is 11.9. The minimum absolute atomic E-state index is 0.186. The van der Waals surface area contributed by atoms with Crippen molar-refractivity contribution in [2.75, 3.05) is 32.1 Å². The number of benzene rings is 2. The minimum atomic E-state index is -0.275. The van der Waals surface area contributed by atoms with E-state index in [0.717, 1.165) is 5.69 Å². The molecule has 0 heterocycles. The van der Waals surface area contributed by atoms with Crippen LogP contribution in [-0.4, -0.2) is 39.0 Å². The van der Waals surface area contributed by atoms with Crippen LogP contribution in [-0.2, 0) is 0 Å². The fourth-order valence-electron chi connectivity index (χ4n) is 2.10. The molecule has 0 aliphatic heterocycles. The summed E-state index contributed by atoms with van der Waals surface area (Å²) >= 11 is 11.7. The summed E-state index contributed by atoms with van der Waals surface area (Å²) < 4.78 is 0. The van der Waals surface area contributed by atoms with Crippen molar-refractivity contribution in [3.63, 3.8) is 0 Å². The van der Waals surface area contributed by atoms with Gasteiger partial charge >= 0.3 is 0 Å². The van der Waals surface area contributed by atoms with Gasteiger partial charge in [-0.25, -0.2) is 0 Å². The highest BCUT2D eigenvalue weighted by atomic mass is 35.5. The summed E-state index contributed by atoms with van der Waals surface area (Å²) in [6.07, 6.45) is 0. The number of carbonyl (C=O) groups is 2. The van der Waals surface area contributed by atoms with E-state index in [2.05, 4.69) is 10.6 Å². The van der Waals surface area contributed by atoms with Crippen LogP contribution in [0.25, 0.3) is 0 Å². The SMILES string of the molecule is CN(C)c1ccc(C(=O)NCCNC(=O)c2ccc(Cl)c(Cl)c2)cc1. The van der Waals surface area contributed by atoms with Crippen molar-refractivity contribution in [3.8, 4) is 0 Å². The van der Waals surface area contributed by atoms with Crippen molar-refractivity contribution < 1.29 is 9.59 Å². The van der Waals surface area contributed by atoms with Crippen LogP contribution in [0.2, 0.25) is 10.0 Å². The van der Waals surface area contributed by atoms with Gasteiger partial charge in [-0.05, 0) is 42.5 Å². The van der Waals surface area contributed by atoms with Gasteiger partial charge in [0.05, 0.1) is 10.0 Å². The monoisotopic (exact) mass is 379 g/mol. The molecule has 2 amide bonds. The molecule has 0 spiro atoms. The van der Waals surface area contributed by atoms with Gasteiger partial charge < -0.3 is 15.5 Å². The highest BCUT2D eigenvalue weighted by Crippen LogP contribution is 2.22. The van der Waals surface area contributed by atoms with Gasteiger partial charge in [-0.2, -0.15) is 0 Å². The molecule has 0 unspecified atom stereocenters. The molecule has 25 heavy (non-hydrogen) atoms. The minimum Gasteiger partial charge on any atom is -0.378 e. The fourth-order valence-corrected chi connectivity index (χ4v) is 2.40. The van der Waals surface area contributed by atoms with E-state index in [1.54, 1.807) is 24.3 Å². The van der Waals surface area contributed by atoms with E-state index in [1.165, 1.54) is 6.07 Å². The molecule has 2 rings (SSSR count). The highest BCUT2D eigenvalue weighted by molar-refractivity contribution is 6.42. The first-order valence-corrected chi connectivity index (χ1v) is 8.43. The molecule has 0 aromatic heterocycles. The Morgan fingerprint density at radius 1 is 0.840 bits per heavy atom. The van der Waals surface area contributed by atoms with E-state index >= 15 is 0 Å². The summed E-state index contributed by atoms with van der Waals surface area (Å²) in [5.74, 6) is -0.461. The maximum atomic E-state index is 12.1. The van der Waals surface area contributed by atoms with E-state index in [1.807, 2.05) is 31.1 Å². The molecule has 0 saturated heterocycles. The summed E-state index contributed by atoms with van der Waals surface area (Å²) in [5, 5.41) is 6.19. The molecule has 5 nitrogen and oxygen atoms in total. The number of rotatable bonds is 6. The molecule has 0 atom stereocenters. The average molecular weight is 380 g/mol. The van der Waals surface area contributed by atoms with Gasteiger partial charge in [0.15, 0.2) is 0 Å². The second kappa shape index (κ2) is 8.74. The predicted molar refractivity (Wildman–Crippen MR) is 102 cm³/mol. The molecule has 7 heteroatoms. The third-order valence-corrected chi connectivity index (χ3v) is 4.26. The lowest BCUT2D eigenvalue weighted by Gasteiger charge is -2.12. The van der Waals surface area contributed by atoms with Gasteiger partial charge in [0.2, 0.25) is 0 Å². The third kappa shape index (κ3) is 5.37. The zero-order valence-electron chi connectivity index (χ0n) is 14.0. The zero-order valence-corrected chi connectivity index (χ0v) is 15.5. The Kier molecular flexibility index (Phi) is 6.67. The number of nitrogens with one attached hydrogen (secondary N) is 2. The first-order valence-electron chi connectivity index (χ1n) is 7.67. The fraction of sp³-hybridized carbons (Fsp3) is 0.222. The van der Waals surface area contributed by atoms with Gasteiger partial charge in [-0.3, -0.25) is 9.59 Å². The Bertz CT molecular complexity index is 761. The van der Waals surface area contributed by atoms with Crippen molar-refractivity contribution >= 4 is 40.7 Å². The molecule has 0 radical (unpaired) electrons. The topological polar surface area (TPSA) is 61.4 Å². The van der Waals surface area contributed by atoms with Gasteiger partial charge in [0, 0.05) is 44.0 Å². The van der Waals surface area contributed by atoms with Crippen LogP contribution in [0.3, 0.4) is 0 Å². The van der Waals surface area contributed by atoms with Crippen LogP contribution in [0.4, 0.5) is 5.69 Å². The maximum absolute atomic E-state index is 12.1. The lowest BCUT2D eigenvalue weighted by Crippen LogP contribution is -2.34. The summed E-state index contributed by atoms with van der Waals surface area (Å²) in [6, 6.07) is 11.9. The Morgan fingerprint density at radius 2 is 1.36 bits per heavy atom. The molecular formula is C18H19Cl2N3O2. The number of halogens is 2. The van der Waals surface area contributed by atoms with Gasteiger partial charge in [0.1, 0.15) is 0 Å². The van der Waals surface area contributed by atoms with Crippen LogP contribution >= 0.6 is 23.2 Å². The van der Waals surface area contributed by atoms with Crippen LogP contribution in [0.5, 0.6) is 0 Å². The maximum Gasteiger partial charge on any atom is 0.251 e. The molecule has 0 saturated carbocycles. The number of amides is 2. The normalized spacial score (nSPS) is 10.2. The van der Waals surface area contributed by atoms with Crippen LogP contribution < -0.4 is 15.5 Å². The number of hydrogen-bond acceptors (Lipinski definition) is 3. The Labute approximate surface area is 156 Å².